The highest BCUT2D eigenvalue weighted by molar-refractivity contribution is 9.10. The van der Waals surface area contributed by atoms with Crippen LogP contribution in [-0.4, -0.2) is 16.8 Å². The molecule has 1 heterocycles. The summed E-state index contributed by atoms with van der Waals surface area (Å²) in [6.45, 7) is 2.38. The number of amides is 2. The number of benzene rings is 2. The molecule has 4 N–H and O–H groups in total. The van der Waals surface area contributed by atoms with Gasteiger partial charge in [0.05, 0.1) is 6.42 Å². The standard InChI is InChI=1S/C19H18BrN3O2/c1-11-15(16-8-14(20)6-7-17(16)23-11)9-18(24)22-10-12-2-4-13(5-3-12)19(21)25/h2-8,23H,9-10H2,1H3,(H2,21,25)(H,22,24). The van der Waals surface area contributed by atoms with Crippen molar-refractivity contribution >= 4 is 38.6 Å². The van der Waals surface area contributed by atoms with E-state index >= 15 is 0 Å². The van der Waals surface area contributed by atoms with Crippen molar-refractivity contribution in [2.45, 2.75) is 19.9 Å². The van der Waals surface area contributed by atoms with Gasteiger partial charge in [-0.1, -0.05) is 28.1 Å². The zero-order chi connectivity index (χ0) is 18.0. The quantitative estimate of drug-likeness (QED) is 0.614. The Balaban J connectivity index is 1.68. The van der Waals surface area contributed by atoms with Crippen molar-refractivity contribution in [1.82, 2.24) is 10.3 Å². The number of primary amides is 1. The van der Waals surface area contributed by atoms with Crippen molar-refractivity contribution < 1.29 is 9.59 Å². The number of carbonyl (C=O) groups is 2. The Morgan fingerprint density at radius 1 is 1.16 bits per heavy atom. The van der Waals surface area contributed by atoms with E-state index < -0.39 is 5.91 Å². The van der Waals surface area contributed by atoms with E-state index in [0.29, 0.717) is 18.5 Å². The van der Waals surface area contributed by atoms with Crippen LogP contribution in [0.1, 0.15) is 27.2 Å². The first-order valence-corrected chi connectivity index (χ1v) is 8.65. The molecule has 2 aromatic carbocycles. The van der Waals surface area contributed by atoms with Crippen LogP contribution in [-0.2, 0) is 17.8 Å². The minimum atomic E-state index is -0.462. The van der Waals surface area contributed by atoms with Gasteiger partial charge in [-0.2, -0.15) is 0 Å². The monoisotopic (exact) mass is 399 g/mol. The van der Waals surface area contributed by atoms with Crippen LogP contribution in [0.5, 0.6) is 0 Å². The number of aromatic amines is 1. The SMILES string of the molecule is Cc1[nH]c2ccc(Br)cc2c1CC(=O)NCc1ccc(C(N)=O)cc1. The van der Waals surface area contributed by atoms with Gasteiger partial charge < -0.3 is 16.0 Å². The number of hydrogen-bond acceptors (Lipinski definition) is 2. The number of carbonyl (C=O) groups excluding carboxylic acids is 2. The third kappa shape index (κ3) is 3.91. The molecule has 1 aromatic heterocycles. The molecule has 0 saturated heterocycles. The highest BCUT2D eigenvalue weighted by Gasteiger charge is 2.13. The minimum absolute atomic E-state index is 0.0528. The Labute approximate surface area is 153 Å². The van der Waals surface area contributed by atoms with Gasteiger partial charge in [0.25, 0.3) is 0 Å². The predicted octanol–water partition coefficient (Wildman–Crippen LogP) is 3.20. The largest absolute Gasteiger partial charge is 0.366 e. The molecule has 0 aliphatic rings. The number of rotatable bonds is 5. The van der Waals surface area contributed by atoms with Crippen molar-refractivity contribution in [2.24, 2.45) is 5.73 Å². The summed E-state index contributed by atoms with van der Waals surface area (Å²) < 4.78 is 0.982. The number of hydrogen-bond donors (Lipinski definition) is 3. The van der Waals surface area contributed by atoms with Gasteiger partial charge in [-0.25, -0.2) is 0 Å². The number of halogens is 1. The van der Waals surface area contributed by atoms with Crippen LogP contribution in [0.15, 0.2) is 46.9 Å². The summed E-state index contributed by atoms with van der Waals surface area (Å²) in [5.74, 6) is -0.514. The van der Waals surface area contributed by atoms with Crippen molar-refractivity contribution in [3.8, 4) is 0 Å². The molecule has 3 rings (SSSR count). The van der Waals surface area contributed by atoms with Crippen LogP contribution in [0.3, 0.4) is 0 Å². The Kier molecular flexibility index (Phi) is 4.90. The molecule has 6 heteroatoms. The molecule has 0 aliphatic carbocycles. The molecule has 0 bridgehead atoms. The number of nitrogens with two attached hydrogens (primary N) is 1. The average molecular weight is 400 g/mol. The second-order valence-electron chi connectivity index (χ2n) is 5.93. The van der Waals surface area contributed by atoms with Gasteiger partial charge in [0.1, 0.15) is 0 Å². The molecule has 2 amide bonds. The van der Waals surface area contributed by atoms with E-state index in [2.05, 4.69) is 26.2 Å². The van der Waals surface area contributed by atoms with Crippen LogP contribution in [0.2, 0.25) is 0 Å². The molecule has 0 radical (unpaired) electrons. The average Bonchev–Trinajstić information content (AvgIpc) is 2.88. The van der Waals surface area contributed by atoms with Crippen LogP contribution >= 0.6 is 15.9 Å². The first kappa shape index (κ1) is 17.2. The summed E-state index contributed by atoms with van der Waals surface area (Å²) in [6.07, 6.45) is 0.307. The summed E-state index contributed by atoms with van der Waals surface area (Å²) in [6, 6.07) is 12.9. The molecule has 25 heavy (non-hydrogen) atoms. The van der Waals surface area contributed by atoms with E-state index in [9.17, 15) is 9.59 Å². The second-order valence-corrected chi connectivity index (χ2v) is 6.85. The number of aryl methyl sites for hydroxylation is 1. The molecule has 0 fully saturated rings. The summed E-state index contributed by atoms with van der Waals surface area (Å²) in [4.78, 5) is 26.7. The number of fused-ring (bicyclic) bond motifs is 1. The fraction of sp³-hybridized carbons (Fsp3) is 0.158. The maximum atomic E-state index is 12.3. The molecular weight excluding hydrogens is 382 g/mol. The molecule has 0 aliphatic heterocycles. The maximum Gasteiger partial charge on any atom is 0.248 e. The summed E-state index contributed by atoms with van der Waals surface area (Å²) in [7, 11) is 0. The Bertz CT molecular complexity index is 945. The molecule has 0 spiro atoms. The van der Waals surface area contributed by atoms with E-state index in [0.717, 1.165) is 32.2 Å². The smallest absolute Gasteiger partial charge is 0.248 e. The summed E-state index contributed by atoms with van der Waals surface area (Å²) in [5.41, 5.74) is 9.60. The summed E-state index contributed by atoms with van der Waals surface area (Å²) >= 11 is 3.47. The van der Waals surface area contributed by atoms with Crippen LogP contribution in [0, 0.1) is 6.92 Å². The van der Waals surface area contributed by atoms with Gasteiger partial charge >= 0.3 is 0 Å². The molecule has 0 unspecified atom stereocenters. The zero-order valence-electron chi connectivity index (χ0n) is 13.7. The number of H-pyrrole nitrogens is 1. The van der Waals surface area contributed by atoms with Crippen molar-refractivity contribution in [3.05, 3.63) is 69.3 Å². The maximum absolute atomic E-state index is 12.3. The van der Waals surface area contributed by atoms with Crippen LogP contribution in [0.4, 0.5) is 0 Å². The highest BCUT2D eigenvalue weighted by atomic mass is 79.9. The molecule has 3 aromatic rings. The van der Waals surface area contributed by atoms with Crippen LogP contribution < -0.4 is 11.1 Å². The zero-order valence-corrected chi connectivity index (χ0v) is 15.3. The third-order valence-corrected chi connectivity index (χ3v) is 4.64. The van der Waals surface area contributed by atoms with E-state index in [1.54, 1.807) is 24.3 Å². The molecule has 5 nitrogen and oxygen atoms in total. The van der Waals surface area contributed by atoms with Crippen molar-refractivity contribution in [2.75, 3.05) is 0 Å². The number of aromatic nitrogens is 1. The lowest BCUT2D eigenvalue weighted by Gasteiger charge is -2.07. The van der Waals surface area contributed by atoms with Crippen molar-refractivity contribution in [1.29, 1.82) is 0 Å². The van der Waals surface area contributed by atoms with Gasteiger partial charge in [0.15, 0.2) is 0 Å². The summed E-state index contributed by atoms with van der Waals surface area (Å²) in [5, 5.41) is 3.96. The molecular formula is C19H18BrN3O2. The van der Waals surface area contributed by atoms with E-state index in [-0.39, 0.29) is 5.91 Å². The molecule has 128 valence electrons. The van der Waals surface area contributed by atoms with Crippen molar-refractivity contribution in [3.63, 3.8) is 0 Å². The Hall–Kier alpha value is -2.60. The molecule has 0 saturated carbocycles. The van der Waals surface area contributed by atoms with Crippen LogP contribution in [0.25, 0.3) is 10.9 Å². The lowest BCUT2D eigenvalue weighted by molar-refractivity contribution is -0.120. The normalized spacial score (nSPS) is 10.8. The molecule has 0 atom stereocenters. The fourth-order valence-electron chi connectivity index (χ4n) is 2.79. The van der Waals surface area contributed by atoms with Gasteiger partial charge in [0.2, 0.25) is 11.8 Å². The van der Waals surface area contributed by atoms with Gasteiger partial charge in [-0.15, -0.1) is 0 Å². The first-order valence-electron chi connectivity index (χ1n) is 7.86. The van der Waals surface area contributed by atoms with E-state index in [1.165, 1.54) is 0 Å². The predicted molar refractivity (Wildman–Crippen MR) is 101 cm³/mol. The van der Waals surface area contributed by atoms with Gasteiger partial charge in [-0.05, 0) is 48.4 Å². The lowest BCUT2D eigenvalue weighted by atomic mass is 10.1. The second kappa shape index (κ2) is 7.11. The Morgan fingerprint density at radius 2 is 1.88 bits per heavy atom. The minimum Gasteiger partial charge on any atom is -0.366 e. The van der Waals surface area contributed by atoms with Gasteiger partial charge in [0, 0.05) is 33.2 Å². The van der Waals surface area contributed by atoms with E-state index in [4.69, 9.17) is 5.73 Å². The topological polar surface area (TPSA) is 88.0 Å². The Morgan fingerprint density at radius 3 is 2.56 bits per heavy atom. The first-order chi connectivity index (χ1) is 11.9. The third-order valence-electron chi connectivity index (χ3n) is 4.15. The van der Waals surface area contributed by atoms with E-state index in [1.807, 2.05) is 25.1 Å². The van der Waals surface area contributed by atoms with Gasteiger partial charge in [-0.3, -0.25) is 9.59 Å². The lowest BCUT2D eigenvalue weighted by Crippen LogP contribution is -2.24. The highest BCUT2D eigenvalue weighted by Crippen LogP contribution is 2.26. The number of nitrogens with one attached hydrogen (secondary N) is 2. The fourth-order valence-corrected chi connectivity index (χ4v) is 3.15.